The molecule has 40 heavy (non-hydrogen) atoms. The van der Waals surface area contributed by atoms with Crippen LogP contribution in [0.25, 0.3) is 11.1 Å². The van der Waals surface area contributed by atoms with Crippen LogP contribution in [0, 0.1) is 35.0 Å². The van der Waals surface area contributed by atoms with Crippen molar-refractivity contribution in [2.75, 3.05) is 26.4 Å². The van der Waals surface area contributed by atoms with Gasteiger partial charge in [-0.05, 0) is 54.8 Å². The molecule has 0 atom stereocenters. The molecule has 1 aliphatic rings. The molecule has 3 aromatic carbocycles. The third kappa shape index (κ3) is 6.88. The minimum atomic E-state index is -4.56. The maximum atomic E-state index is 14.9. The van der Waals surface area contributed by atoms with Crippen molar-refractivity contribution in [2.24, 2.45) is 5.92 Å². The molecule has 1 fully saturated rings. The van der Waals surface area contributed by atoms with Crippen LogP contribution in [0.2, 0.25) is 5.02 Å². The molecule has 0 aromatic heterocycles. The highest BCUT2D eigenvalue weighted by molar-refractivity contribution is 6.31. The van der Waals surface area contributed by atoms with Crippen molar-refractivity contribution < 1.29 is 49.7 Å². The van der Waals surface area contributed by atoms with Crippen molar-refractivity contribution in [1.82, 2.24) is 0 Å². The van der Waals surface area contributed by atoms with E-state index in [2.05, 4.69) is 4.74 Å². The largest absolute Gasteiger partial charge is 0.432 e. The molecule has 0 N–H and O–H groups in total. The quantitative estimate of drug-likeness (QED) is 0.135. The molecule has 1 aliphatic heterocycles. The Balaban J connectivity index is 1.46. The standard InChI is InChI=1S/C28H24ClF7O4/c1-2-6-37-7-5-15-13-38-27(39-14-15)17-10-21(31)25(22(32)11-17)28(35,36)40-18-3-4-19(20(30)12-18)16-8-23(33)26(29)24(34)9-16/h3-4,8-12,15,27H,2,5-7,13-14H2,1H3. The van der Waals surface area contributed by atoms with Crippen LogP contribution in [0.4, 0.5) is 30.7 Å². The van der Waals surface area contributed by atoms with E-state index >= 15 is 0 Å². The molecule has 0 unspecified atom stereocenters. The van der Waals surface area contributed by atoms with Gasteiger partial charge >= 0.3 is 6.11 Å². The lowest BCUT2D eigenvalue weighted by atomic mass is 10.0. The lowest BCUT2D eigenvalue weighted by Crippen LogP contribution is -2.29. The molecule has 0 amide bonds. The summed E-state index contributed by atoms with van der Waals surface area (Å²) in [5, 5.41) is -0.794. The molecular weight excluding hydrogens is 569 g/mol. The van der Waals surface area contributed by atoms with E-state index in [0.717, 1.165) is 30.7 Å². The summed E-state index contributed by atoms with van der Waals surface area (Å²) in [4.78, 5) is 0. The zero-order valence-corrected chi connectivity index (χ0v) is 21.9. The van der Waals surface area contributed by atoms with Crippen molar-refractivity contribution in [3.8, 4) is 16.9 Å². The molecule has 216 valence electrons. The SMILES string of the molecule is CCCOCCC1COC(c2cc(F)c(C(F)(F)Oc3ccc(-c4cc(F)c(Cl)c(F)c4)c(F)c3)c(F)c2)OC1. The van der Waals surface area contributed by atoms with Gasteiger partial charge in [0.1, 0.15) is 45.4 Å². The molecular formula is C28H24ClF7O4. The average molecular weight is 593 g/mol. The lowest BCUT2D eigenvalue weighted by molar-refractivity contribution is -0.208. The van der Waals surface area contributed by atoms with Crippen LogP contribution in [-0.4, -0.2) is 26.4 Å². The number of alkyl halides is 2. The van der Waals surface area contributed by atoms with Crippen molar-refractivity contribution in [3.05, 3.63) is 87.7 Å². The minimum absolute atomic E-state index is 0.00401. The van der Waals surface area contributed by atoms with E-state index in [1.54, 1.807) is 0 Å². The van der Waals surface area contributed by atoms with Gasteiger partial charge in [0, 0.05) is 36.3 Å². The van der Waals surface area contributed by atoms with E-state index in [4.69, 9.17) is 25.8 Å². The molecule has 0 radical (unpaired) electrons. The van der Waals surface area contributed by atoms with Gasteiger partial charge in [-0.3, -0.25) is 0 Å². The summed E-state index contributed by atoms with van der Waals surface area (Å²) in [5.74, 6) is -7.55. The van der Waals surface area contributed by atoms with Crippen molar-refractivity contribution in [1.29, 1.82) is 0 Å². The molecule has 4 rings (SSSR count). The Morgan fingerprint density at radius 2 is 1.48 bits per heavy atom. The van der Waals surface area contributed by atoms with Gasteiger partial charge in [-0.2, -0.15) is 8.78 Å². The molecule has 12 heteroatoms. The van der Waals surface area contributed by atoms with Gasteiger partial charge in [-0.25, -0.2) is 22.0 Å². The van der Waals surface area contributed by atoms with E-state index in [9.17, 15) is 30.7 Å². The van der Waals surface area contributed by atoms with Gasteiger partial charge < -0.3 is 18.9 Å². The molecule has 0 bridgehead atoms. The first-order chi connectivity index (χ1) is 19.0. The fourth-order valence-corrected chi connectivity index (χ4v) is 4.22. The zero-order chi connectivity index (χ0) is 29.0. The van der Waals surface area contributed by atoms with E-state index in [0.29, 0.717) is 37.8 Å². The first kappa shape index (κ1) is 30.1. The fourth-order valence-electron chi connectivity index (χ4n) is 4.11. The van der Waals surface area contributed by atoms with Gasteiger partial charge in [0.05, 0.1) is 13.2 Å². The van der Waals surface area contributed by atoms with E-state index < -0.39 is 57.8 Å². The second-order valence-corrected chi connectivity index (χ2v) is 9.52. The van der Waals surface area contributed by atoms with Crippen LogP contribution in [-0.2, 0) is 20.3 Å². The predicted molar refractivity (Wildman–Crippen MR) is 132 cm³/mol. The van der Waals surface area contributed by atoms with Gasteiger partial charge in [0.15, 0.2) is 6.29 Å². The fraction of sp³-hybridized carbons (Fsp3) is 0.357. The molecule has 4 nitrogen and oxygen atoms in total. The summed E-state index contributed by atoms with van der Waals surface area (Å²) < 4.78 is 122. The number of benzene rings is 3. The molecule has 1 saturated heterocycles. The van der Waals surface area contributed by atoms with Crippen LogP contribution in [0.15, 0.2) is 42.5 Å². The first-order valence-corrected chi connectivity index (χ1v) is 12.7. The Morgan fingerprint density at radius 1 is 0.850 bits per heavy atom. The Bertz CT molecular complexity index is 1300. The summed E-state index contributed by atoms with van der Waals surface area (Å²) in [6, 6.07) is 5.08. The second kappa shape index (κ2) is 12.8. The highest BCUT2D eigenvalue weighted by atomic mass is 35.5. The van der Waals surface area contributed by atoms with Gasteiger partial charge in [0.2, 0.25) is 0 Å². The number of hydrogen-bond acceptors (Lipinski definition) is 4. The number of halogens is 8. The van der Waals surface area contributed by atoms with Crippen molar-refractivity contribution >= 4 is 11.6 Å². The monoisotopic (exact) mass is 592 g/mol. The molecule has 0 aliphatic carbocycles. The maximum Gasteiger partial charge on any atom is 0.432 e. The average Bonchev–Trinajstić information content (AvgIpc) is 2.89. The maximum absolute atomic E-state index is 14.9. The Labute approximate surface area is 230 Å². The van der Waals surface area contributed by atoms with Crippen LogP contribution in [0.1, 0.15) is 37.2 Å². The van der Waals surface area contributed by atoms with Crippen LogP contribution >= 0.6 is 11.6 Å². The Morgan fingerprint density at radius 3 is 2.05 bits per heavy atom. The summed E-state index contributed by atoms with van der Waals surface area (Å²) in [5.41, 5.74) is -2.46. The van der Waals surface area contributed by atoms with Crippen LogP contribution in [0.5, 0.6) is 5.75 Å². The summed E-state index contributed by atoms with van der Waals surface area (Å²) in [6.45, 7) is 3.57. The highest BCUT2D eigenvalue weighted by Crippen LogP contribution is 2.39. The molecule has 1 heterocycles. The predicted octanol–water partition coefficient (Wildman–Crippen LogP) is 8.31. The smallest absolute Gasteiger partial charge is 0.429 e. The molecule has 3 aromatic rings. The van der Waals surface area contributed by atoms with Gasteiger partial charge in [0.25, 0.3) is 0 Å². The Kier molecular flexibility index (Phi) is 9.60. The minimum Gasteiger partial charge on any atom is -0.429 e. The van der Waals surface area contributed by atoms with Crippen LogP contribution < -0.4 is 4.74 Å². The number of hydrogen-bond donors (Lipinski definition) is 0. The van der Waals surface area contributed by atoms with Gasteiger partial charge in [-0.1, -0.05) is 18.5 Å². The molecule has 0 spiro atoms. The number of ether oxygens (including phenoxy) is 4. The lowest BCUT2D eigenvalue weighted by Gasteiger charge is -2.30. The first-order valence-electron chi connectivity index (χ1n) is 12.3. The topological polar surface area (TPSA) is 36.9 Å². The Hall–Kier alpha value is -2.86. The van der Waals surface area contributed by atoms with Crippen molar-refractivity contribution in [2.45, 2.75) is 32.2 Å². The third-order valence-corrected chi connectivity index (χ3v) is 6.46. The van der Waals surface area contributed by atoms with Crippen LogP contribution in [0.3, 0.4) is 0 Å². The summed E-state index contributed by atoms with van der Waals surface area (Å²) in [6.07, 6.45) is -4.18. The molecule has 0 saturated carbocycles. The summed E-state index contributed by atoms with van der Waals surface area (Å²) in [7, 11) is 0. The van der Waals surface area contributed by atoms with Crippen molar-refractivity contribution in [3.63, 3.8) is 0 Å². The zero-order valence-electron chi connectivity index (χ0n) is 21.1. The van der Waals surface area contributed by atoms with Gasteiger partial charge in [-0.15, -0.1) is 0 Å². The number of rotatable bonds is 10. The third-order valence-electron chi connectivity index (χ3n) is 6.09. The normalized spacial score (nSPS) is 17.7. The van der Waals surface area contributed by atoms with E-state index in [-0.39, 0.29) is 35.8 Å². The van der Waals surface area contributed by atoms with E-state index in [1.165, 1.54) is 0 Å². The van der Waals surface area contributed by atoms with E-state index in [1.807, 2.05) is 6.92 Å². The second-order valence-electron chi connectivity index (χ2n) is 9.14. The summed E-state index contributed by atoms with van der Waals surface area (Å²) >= 11 is 5.42. The highest BCUT2D eigenvalue weighted by Gasteiger charge is 2.42.